The second kappa shape index (κ2) is 10.2. The molecule has 3 heterocycles. The number of anilines is 1. The Hall–Kier alpha value is -2.88. The summed E-state index contributed by atoms with van der Waals surface area (Å²) in [4.78, 5) is 19.5. The molecule has 0 radical (unpaired) electrons. The van der Waals surface area contributed by atoms with E-state index in [-0.39, 0.29) is 5.56 Å². The highest BCUT2D eigenvalue weighted by Gasteiger charge is 2.34. The summed E-state index contributed by atoms with van der Waals surface area (Å²) in [7, 11) is 0. The number of benzene rings is 1. The lowest BCUT2D eigenvalue weighted by molar-refractivity contribution is 0.286. The minimum absolute atomic E-state index is 0.249. The van der Waals surface area contributed by atoms with E-state index in [9.17, 15) is 9.35 Å². The molecule has 3 aromatic rings. The van der Waals surface area contributed by atoms with Crippen LogP contribution in [0.15, 0.2) is 65.8 Å². The predicted molar refractivity (Wildman–Crippen MR) is 132 cm³/mol. The first-order valence-corrected chi connectivity index (χ1v) is 13.0. The van der Waals surface area contributed by atoms with Crippen molar-refractivity contribution in [3.8, 4) is 11.4 Å². The zero-order chi connectivity index (χ0) is 23.5. The number of piperazine rings is 1. The zero-order valence-electron chi connectivity index (χ0n) is 19.2. The average molecular weight is 480 g/mol. The fraction of sp³-hybridized carbons (Fsp3) is 0.400. The maximum atomic E-state index is 13.4. The van der Waals surface area contributed by atoms with Crippen LogP contribution >= 0.6 is 0 Å². The largest absolute Gasteiger partial charge is 0.598 e. The van der Waals surface area contributed by atoms with E-state index in [1.807, 2.05) is 46.8 Å². The highest BCUT2D eigenvalue weighted by molar-refractivity contribution is 7.88. The van der Waals surface area contributed by atoms with Crippen molar-refractivity contribution in [1.82, 2.24) is 19.1 Å². The average Bonchev–Trinajstić information content (AvgIpc) is 3.59. The van der Waals surface area contributed by atoms with Crippen LogP contribution in [0.5, 0.6) is 5.75 Å². The van der Waals surface area contributed by atoms with E-state index in [0.717, 1.165) is 12.0 Å². The van der Waals surface area contributed by atoms with Crippen LogP contribution in [0.4, 0.5) is 5.69 Å². The van der Waals surface area contributed by atoms with E-state index in [2.05, 4.69) is 21.9 Å². The van der Waals surface area contributed by atoms with Crippen molar-refractivity contribution < 1.29 is 9.29 Å². The number of aromatic nitrogens is 3. The van der Waals surface area contributed by atoms with Gasteiger partial charge in [0, 0.05) is 42.4 Å². The molecule has 2 fully saturated rings. The molecule has 8 nitrogen and oxygen atoms in total. The SMILES string of the molecule is CC1CC1COc1c(N2CCN([S+]([O-])Cc3ccncc3)CC2)cnn(-c2ccccc2)c1=O. The number of nitrogens with zero attached hydrogens (tertiary/aromatic N) is 5. The summed E-state index contributed by atoms with van der Waals surface area (Å²) in [6.45, 7) is 5.31. The molecule has 1 saturated carbocycles. The summed E-state index contributed by atoms with van der Waals surface area (Å²) in [5, 5.41) is 4.45. The molecule has 9 heteroatoms. The molecule has 5 rings (SSSR count). The first-order chi connectivity index (χ1) is 16.6. The molecule has 0 spiro atoms. The van der Waals surface area contributed by atoms with Gasteiger partial charge in [0.25, 0.3) is 0 Å². The van der Waals surface area contributed by atoms with Gasteiger partial charge in [0.15, 0.2) is 5.75 Å². The summed E-state index contributed by atoms with van der Waals surface area (Å²) in [6.07, 6.45) is 6.30. The van der Waals surface area contributed by atoms with Crippen molar-refractivity contribution in [2.24, 2.45) is 11.8 Å². The van der Waals surface area contributed by atoms with Crippen LogP contribution < -0.4 is 15.2 Å². The molecule has 3 atom stereocenters. The Labute approximate surface area is 202 Å². The lowest BCUT2D eigenvalue weighted by atomic mass is 10.3. The van der Waals surface area contributed by atoms with Gasteiger partial charge in [-0.2, -0.15) is 9.78 Å². The van der Waals surface area contributed by atoms with Gasteiger partial charge in [-0.05, 0) is 42.5 Å². The molecular weight excluding hydrogens is 450 g/mol. The Morgan fingerprint density at radius 3 is 2.47 bits per heavy atom. The molecule has 178 valence electrons. The molecule has 2 aliphatic rings. The number of ether oxygens (including phenoxy) is 1. The van der Waals surface area contributed by atoms with Gasteiger partial charge in [0.2, 0.25) is 5.75 Å². The van der Waals surface area contributed by atoms with Crippen molar-refractivity contribution in [3.63, 3.8) is 0 Å². The van der Waals surface area contributed by atoms with Gasteiger partial charge in [-0.1, -0.05) is 25.1 Å². The van der Waals surface area contributed by atoms with Gasteiger partial charge in [-0.15, -0.1) is 4.31 Å². The van der Waals surface area contributed by atoms with Crippen LogP contribution in [0.25, 0.3) is 5.69 Å². The Morgan fingerprint density at radius 2 is 1.79 bits per heavy atom. The Bertz CT molecular complexity index is 1150. The lowest BCUT2D eigenvalue weighted by Gasteiger charge is -2.36. The second-order valence-electron chi connectivity index (χ2n) is 8.93. The highest BCUT2D eigenvalue weighted by atomic mass is 32.2. The Kier molecular flexibility index (Phi) is 6.85. The Morgan fingerprint density at radius 1 is 1.09 bits per heavy atom. The van der Waals surface area contributed by atoms with Crippen molar-refractivity contribution >= 4 is 17.0 Å². The van der Waals surface area contributed by atoms with Crippen molar-refractivity contribution in [3.05, 3.63) is 77.0 Å². The monoisotopic (exact) mass is 479 g/mol. The molecule has 1 saturated heterocycles. The minimum atomic E-state index is -1.11. The lowest BCUT2D eigenvalue weighted by Crippen LogP contribution is -2.49. The number of para-hydroxylation sites is 1. The van der Waals surface area contributed by atoms with Gasteiger partial charge in [-0.3, -0.25) is 9.78 Å². The molecule has 1 aliphatic carbocycles. The van der Waals surface area contributed by atoms with Gasteiger partial charge >= 0.3 is 5.56 Å². The molecular formula is C25H29N5O3S. The number of hydrogen-bond donors (Lipinski definition) is 0. The van der Waals surface area contributed by atoms with Crippen molar-refractivity contribution in [1.29, 1.82) is 0 Å². The molecule has 1 aliphatic heterocycles. The summed E-state index contributed by atoms with van der Waals surface area (Å²) >= 11 is -1.11. The quantitative estimate of drug-likeness (QED) is 0.459. The van der Waals surface area contributed by atoms with Gasteiger partial charge < -0.3 is 14.2 Å². The van der Waals surface area contributed by atoms with Gasteiger partial charge in [0.05, 0.1) is 31.6 Å². The maximum Gasteiger partial charge on any atom is 0.316 e. The fourth-order valence-corrected chi connectivity index (χ4v) is 5.44. The topological polar surface area (TPSA) is 86.5 Å². The molecule has 1 aromatic carbocycles. The standard InChI is InChI=1S/C25H29N5O3S/c1-19-15-21(19)17-33-24-23(16-27-30(25(24)31)22-5-3-2-4-6-22)28-11-13-29(14-12-28)34(32)18-20-7-9-26-10-8-20/h2-10,16,19,21H,11-15,17-18H2,1H3. The number of hydrogen-bond acceptors (Lipinski definition) is 7. The normalized spacial score (nSPS) is 21.3. The number of rotatable bonds is 8. The third kappa shape index (κ3) is 5.11. The van der Waals surface area contributed by atoms with E-state index in [0.29, 0.717) is 67.5 Å². The molecule has 0 N–H and O–H groups in total. The van der Waals surface area contributed by atoms with E-state index in [4.69, 9.17) is 4.74 Å². The van der Waals surface area contributed by atoms with Crippen molar-refractivity contribution in [2.45, 2.75) is 19.1 Å². The van der Waals surface area contributed by atoms with Crippen LogP contribution in [0.1, 0.15) is 18.9 Å². The minimum Gasteiger partial charge on any atom is -0.598 e. The molecule has 34 heavy (non-hydrogen) atoms. The zero-order valence-corrected chi connectivity index (χ0v) is 20.1. The molecule has 0 bridgehead atoms. The third-order valence-electron chi connectivity index (χ3n) is 6.54. The van der Waals surface area contributed by atoms with E-state index < -0.39 is 11.4 Å². The fourth-order valence-electron chi connectivity index (χ4n) is 4.21. The molecule has 3 unspecified atom stereocenters. The summed E-state index contributed by atoms with van der Waals surface area (Å²) < 4.78 is 22.4. The first kappa shape index (κ1) is 22.9. The van der Waals surface area contributed by atoms with Gasteiger partial charge in [0.1, 0.15) is 5.69 Å². The van der Waals surface area contributed by atoms with Crippen LogP contribution in [0.2, 0.25) is 0 Å². The van der Waals surface area contributed by atoms with Crippen LogP contribution in [0.3, 0.4) is 0 Å². The van der Waals surface area contributed by atoms with Crippen LogP contribution in [-0.4, -0.2) is 56.4 Å². The summed E-state index contributed by atoms with van der Waals surface area (Å²) in [6, 6.07) is 13.2. The van der Waals surface area contributed by atoms with Crippen LogP contribution in [0, 0.1) is 11.8 Å². The number of pyridine rings is 1. The van der Waals surface area contributed by atoms with E-state index in [1.165, 1.54) is 4.68 Å². The smallest absolute Gasteiger partial charge is 0.316 e. The summed E-state index contributed by atoms with van der Waals surface area (Å²) in [5.41, 5.74) is 2.18. The Balaban J connectivity index is 1.32. The maximum absolute atomic E-state index is 13.4. The molecule has 2 aromatic heterocycles. The van der Waals surface area contributed by atoms with Crippen LogP contribution in [-0.2, 0) is 17.1 Å². The predicted octanol–water partition coefficient (Wildman–Crippen LogP) is 2.65. The van der Waals surface area contributed by atoms with Crippen molar-refractivity contribution in [2.75, 3.05) is 37.7 Å². The van der Waals surface area contributed by atoms with E-state index in [1.54, 1.807) is 18.6 Å². The van der Waals surface area contributed by atoms with Gasteiger partial charge in [-0.25, -0.2) is 0 Å². The third-order valence-corrected chi connectivity index (χ3v) is 8.06. The summed E-state index contributed by atoms with van der Waals surface area (Å²) in [5.74, 6) is 1.97. The highest BCUT2D eigenvalue weighted by Crippen LogP contribution is 2.38. The van der Waals surface area contributed by atoms with E-state index >= 15 is 0 Å². The molecule has 0 amide bonds. The first-order valence-electron chi connectivity index (χ1n) is 11.7. The second-order valence-corrected chi connectivity index (χ2v) is 10.4.